The lowest BCUT2D eigenvalue weighted by molar-refractivity contribution is 0.403. The van der Waals surface area contributed by atoms with Crippen molar-refractivity contribution in [1.82, 2.24) is 10.6 Å². The molecule has 0 aromatic heterocycles. The van der Waals surface area contributed by atoms with Gasteiger partial charge in [0, 0.05) is 23.6 Å². The lowest BCUT2D eigenvalue weighted by atomic mass is 9.73. The summed E-state index contributed by atoms with van der Waals surface area (Å²) in [6.45, 7) is 4.36. The number of fused-ring (bicyclic) bond motifs is 2. The summed E-state index contributed by atoms with van der Waals surface area (Å²) in [5.41, 5.74) is 6.16. The van der Waals surface area contributed by atoms with E-state index in [9.17, 15) is 10.2 Å². The molecular formula is C25H26N2O2. The predicted molar refractivity (Wildman–Crippen MR) is 116 cm³/mol. The summed E-state index contributed by atoms with van der Waals surface area (Å²) >= 11 is 0. The van der Waals surface area contributed by atoms with Crippen LogP contribution in [0.15, 0.2) is 89.2 Å². The van der Waals surface area contributed by atoms with Gasteiger partial charge in [0.15, 0.2) is 11.5 Å². The van der Waals surface area contributed by atoms with Crippen LogP contribution in [0.4, 0.5) is 0 Å². The van der Waals surface area contributed by atoms with E-state index < -0.39 is 0 Å². The molecule has 29 heavy (non-hydrogen) atoms. The fourth-order valence-corrected chi connectivity index (χ4v) is 5.27. The van der Waals surface area contributed by atoms with E-state index in [-0.39, 0.29) is 41.5 Å². The van der Waals surface area contributed by atoms with Crippen LogP contribution in [-0.4, -0.2) is 28.3 Å². The highest BCUT2D eigenvalue weighted by Gasteiger charge is 2.41. The molecule has 0 bridgehead atoms. The Kier molecular flexibility index (Phi) is 4.25. The fourth-order valence-electron chi connectivity index (χ4n) is 5.27. The van der Waals surface area contributed by atoms with Gasteiger partial charge in [-0.1, -0.05) is 54.7 Å². The van der Waals surface area contributed by atoms with Gasteiger partial charge in [0.05, 0.1) is 12.1 Å². The summed E-state index contributed by atoms with van der Waals surface area (Å²) in [6.07, 6.45) is 17.3. The van der Waals surface area contributed by atoms with Crippen molar-refractivity contribution >= 4 is 0 Å². The van der Waals surface area contributed by atoms with Crippen LogP contribution < -0.4 is 10.6 Å². The highest BCUT2D eigenvalue weighted by atomic mass is 16.3. The Labute approximate surface area is 171 Å². The van der Waals surface area contributed by atoms with Gasteiger partial charge in [0.1, 0.15) is 0 Å². The number of nitrogens with one attached hydrogen (secondary N) is 2. The molecule has 0 radical (unpaired) electrons. The van der Waals surface area contributed by atoms with Gasteiger partial charge in [-0.05, 0) is 48.3 Å². The fraction of sp³-hybridized carbons (Fsp3) is 0.280. The molecule has 5 atom stereocenters. The highest BCUT2D eigenvalue weighted by Crippen LogP contribution is 2.48. The number of allylic oxidation sites excluding steroid dienone is 5. The second-order valence-corrected chi connectivity index (χ2v) is 8.25. The second-order valence-electron chi connectivity index (χ2n) is 8.25. The van der Waals surface area contributed by atoms with Gasteiger partial charge >= 0.3 is 0 Å². The van der Waals surface area contributed by atoms with E-state index in [0.29, 0.717) is 0 Å². The zero-order valence-electron chi connectivity index (χ0n) is 16.6. The molecule has 0 saturated heterocycles. The van der Waals surface area contributed by atoms with Crippen LogP contribution in [0.2, 0.25) is 0 Å². The average Bonchev–Trinajstić information content (AvgIpc) is 3.22. The molecule has 0 saturated carbocycles. The standard InChI is InChI=1S/C25H26N2O2/c1-14-23(17-7-3-5-9-19(17)26-14)25(16-11-12-21(28)22(29)13-16)24-15(2)27-20-10-6-4-8-18(20)24/h3-14,18-20,25-29H,1-2H3. The molecule has 1 aromatic carbocycles. The maximum atomic E-state index is 10.3. The predicted octanol–water partition coefficient (Wildman–Crippen LogP) is 3.95. The summed E-state index contributed by atoms with van der Waals surface area (Å²) in [6, 6.07) is 5.92. The highest BCUT2D eigenvalue weighted by molar-refractivity contribution is 5.57. The Morgan fingerprint density at radius 1 is 0.931 bits per heavy atom. The van der Waals surface area contributed by atoms with Crippen molar-refractivity contribution in [3.8, 4) is 11.5 Å². The minimum Gasteiger partial charge on any atom is -0.504 e. The molecule has 5 rings (SSSR count). The smallest absolute Gasteiger partial charge is 0.157 e. The van der Waals surface area contributed by atoms with Gasteiger partial charge in [0.25, 0.3) is 0 Å². The number of aromatic hydroxyl groups is 2. The van der Waals surface area contributed by atoms with Crippen LogP contribution in [-0.2, 0) is 0 Å². The van der Waals surface area contributed by atoms with Crippen molar-refractivity contribution in [1.29, 1.82) is 0 Å². The summed E-state index contributed by atoms with van der Waals surface area (Å²) in [5.74, 6) is 0.115. The number of benzene rings is 1. The van der Waals surface area contributed by atoms with E-state index in [1.807, 2.05) is 6.07 Å². The van der Waals surface area contributed by atoms with Crippen molar-refractivity contribution < 1.29 is 10.2 Å². The first-order valence-electron chi connectivity index (χ1n) is 10.2. The van der Waals surface area contributed by atoms with Crippen LogP contribution in [0.5, 0.6) is 11.5 Å². The average molecular weight is 386 g/mol. The first-order chi connectivity index (χ1) is 14.0. The first kappa shape index (κ1) is 18.1. The van der Waals surface area contributed by atoms with Crippen molar-refractivity contribution in [3.63, 3.8) is 0 Å². The second kappa shape index (κ2) is 6.82. The number of phenols is 2. The third kappa shape index (κ3) is 2.87. The van der Waals surface area contributed by atoms with Crippen molar-refractivity contribution in [2.75, 3.05) is 0 Å². The Bertz CT molecular complexity index is 1040. The molecule has 4 heteroatoms. The Hall–Kier alpha value is -2.98. The molecule has 148 valence electrons. The van der Waals surface area contributed by atoms with Gasteiger partial charge in [-0.2, -0.15) is 0 Å². The Morgan fingerprint density at radius 3 is 2.55 bits per heavy atom. The SMILES string of the molecule is CC1=C(C(C2=C3C=CC=CC3NC2C)c2ccc(O)c(O)c2)C2C=CC=CC2N1. The monoisotopic (exact) mass is 386 g/mol. The topological polar surface area (TPSA) is 64.5 Å². The van der Waals surface area contributed by atoms with Crippen molar-refractivity contribution in [3.05, 3.63) is 94.8 Å². The van der Waals surface area contributed by atoms with Gasteiger partial charge in [-0.3, -0.25) is 0 Å². The molecule has 2 aliphatic carbocycles. The van der Waals surface area contributed by atoms with Gasteiger partial charge in [0.2, 0.25) is 0 Å². The van der Waals surface area contributed by atoms with Crippen LogP contribution in [0.3, 0.4) is 0 Å². The van der Waals surface area contributed by atoms with E-state index in [4.69, 9.17) is 0 Å². The van der Waals surface area contributed by atoms with Crippen LogP contribution >= 0.6 is 0 Å². The molecule has 4 nitrogen and oxygen atoms in total. The van der Waals surface area contributed by atoms with E-state index >= 15 is 0 Å². The van der Waals surface area contributed by atoms with Gasteiger partial charge < -0.3 is 20.8 Å². The first-order valence-corrected chi connectivity index (χ1v) is 10.2. The number of hydrogen-bond acceptors (Lipinski definition) is 4. The zero-order chi connectivity index (χ0) is 20.1. The minimum absolute atomic E-state index is 0.0128. The quantitative estimate of drug-likeness (QED) is 0.594. The number of phenolic OH excluding ortho intramolecular Hbond substituents is 2. The van der Waals surface area contributed by atoms with Crippen LogP contribution in [0.1, 0.15) is 25.3 Å². The molecule has 2 heterocycles. The van der Waals surface area contributed by atoms with Crippen molar-refractivity contribution in [2.24, 2.45) is 5.92 Å². The molecule has 5 unspecified atom stereocenters. The summed E-state index contributed by atoms with van der Waals surface area (Å²) in [5, 5.41) is 27.5. The van der Waals surface area contributed by atoms with E-state index in [1.165, 1.54) is 22.4 Å². The lowest BCUT2D eigenvalue weighted by Crippen LogP contribution is -2.31. The Morgan fingerprint density at radius 2 is 1.72 bits per heavy atom. The number of hydrogen-bond donors (Lipinski definition) is 4. The molecular weight excluding hydrogens is 360 g/mol. The summed E-state index contributed by atoms with van der Waals surface area (Å²) < 4.78 is 0. The number of rotatable bonds is 3. The van der Waals surface area contributed by atoms with Crippen LogP contribution in [0.25, 0.3) is 0 Å². The van der Waals surface area contributed by atoms with Crippen LogP contribution in [0, 0.1) is 5.92 Å². The molecule has 0 spiro atoms. The normalized spacial score (nSPS) is 30.6. The maximum Gasteiger partial charge on any atom is 0.157 e. The van der Waals surface area contributed by atoms with Gasteiger partial charge in [-0.25, -0.2) is 0 Å². The lowest BCUT2D eigenvalue weighted by Gasteiger charge is -2.29. The maximum absolute atomic E-state index is 10.3. The van der Waals surface area contributed by atoms with Gasteiger partial charge in [-0.15, -0.1) is 0 Å². The largest absolute Gasteiger partial charge is 0.504 e. The third-order valence-electron chi connectivity index (χ3n) is 6.52. The third-order valence-corrected chi connectivity index (χ3v) is 6.52. The summed E-state index contributed by atoms with van der Waals surface area (Å²) in [4.78, 5) is 0. The molecule has 0 amide bonds. The molecule has 2 aliphatic heterocycles. The van der Waals surface area contributed by atoms with E-state index in [0.717, 1.165) is 5.56 Å². The molecule has 1 aromatic rings. The molecule has 0 fully saturated rings. The zero-order valence-corrected chi connectivity index (χ0v) is 16.6. The van der Waals surface area contributed by atoms with Crippen molar-refractivity contribution in [2.45, 2.75) is 37.9 Å². The van der Waals surface area contributed by atoms with E-state index in [2.05, 4.69) is 73.1 Å². The molecule has 4 aliphatic rings. The van der Waals surface area contributed by atoms with E-state index in [1.54, 1.807) is 12.1 Å². The minimum atomic E-state index is -0.0882. The molecule has 4 N–H and O–H groups in total. The Balaban J connectivity index is 1.71. The summed E-state index contributed by atoms with van der Waals surface area (Å²) in [7, 11) is 0.